The Morgan fingerprint density at radius 3 is 2.55 bits per heavy atom. The van der Waals surface area contributed by atoms with Crippen LogP contribution in [0.25, 0.3) is 0 Å². The highest BCUT2D eigenvalue weighted by molar-refractivity contribution is 6.30. The lowest BCUT2D eigenvalue weighted by Crippen LogP contribution is -2.49. The summed E-state index contributed by atoms with van der Waals surface area (Å²) in [4.78, 5) is 27.7. The number of carbonyl (C=O) groups excluding carboxylic acids is 2. The van der Waals surface area contributed by atoms with Gasteiger partial charge in [0, 0.05) is 48.9 Å². The van der Waals surface area contributed by atoms with E-state index < -0.39 is 5.91 Å². The van der Waals surface area contributed by atoms with Crippen LogP contribution in [0, 0.1) is 0 Å². The number of carbonyl (C=O) groups is 2. The number of ether oxygens (including phenoxy) is 2. The van der Waals surface area contributed by atoms with Gasteiger partial charge in [0.1, 0.15) is 11.5 Å². The zero-order chi connectivity index (χ0) is 20.8. The fraction of sp³-hybridized carbons (Fsp3) is 0.333. The molecule has 29 heavy (non-hydrogen) atoms. The Morgan fingerprint density at radius 2 is 1.86 bits per heavy atom. The third-order valence-electron chi connectivity index (χ3n) is 4.84. The van der Waals surface area contributed by atoms with Crippen LogP contribution in [-0.4, -0.2) is 61.5 Å². The third-order valence-corrected chi connectivity index (χ3v) is 5.08. The van der Waals surface area contributed by atoms with Gasteiger partial charge in [-0.2, -0.15) is 0 Å². The molecule has 0 bridgehead atoms. The number of hydrogen-bond donors (Lipinski definition) is 1. The number of piperazine rings is 1. The molecule has 0 aliphatic carbocycles. The number of benzene rings is 2. The first-order chi connectivity index (χ1) is 14.0. The Kier molecular flexibility index (Phi) is 6.95. The van der Waals surface area contributed by atoms with Gasteiger partial charge in [-0.15, -0.1) is 0 Å². The Bertz CT molecular complexity index is 882. The fourth-order valence-electron chi connectivity index (χ4n) is 3.24. The van der Waals surface area contributed by atoms with E-state index in [0.717, 1.165) is 24.4 Å². The lowest BCUT2D eigenvalue weighted by atomic mass is 10.1. The van der Waals surface area contributed by atoms with E-state index in [4.69, 9.17) is 26.8 Å². The number of halogens is 1. The summed E-state index contributed by atoms with van der Waals surface area (Å²) in [7, 11) is 1.64. The van der Waals surface area contributed by atoms with E-state index in [1.807, 2.05) is 12.1 Å². The van der Waals surface area contributed by atoms with Crippen LogP contribution in [0.2, 0.25) is 5.02 Å². The highest BCUT2D eigenvalue weighted by Gasteiger charge is 2.22. The quantitative estimate of drug-likeness (QED) is 0.746. The molecule has 3 rings (SSSR count). The predicted molar refractivity (Wildman–Crippen MR) is 110 cm³/mol. The molecule has 0 spiro atoms. The van der Waals surface area contributed by atoms with Gasteiger partial charge >= 0.3 is 0 Å². The molecule has 154 valence electrons. The molecule has 1 aliphatic rings. The Hall–Kier alpha value is -2.77. The molecule has 2 aromatic rings. The third kappa shape index (κ3) is 5.62. The minimum Gasteiger partial charge on any atom is -0.496 e. The largest absolute Gasteiger partial charge is 0.496 e. The van der Waals surface area contributed by atoms with Gasteiger partial charge in [0.15, 0.2) is 6.61 Å². The highest BCUT2D eigenvalue weighted by Crippen LogP contribution is 2.24. The SMILES string of the molecule is COc1ccc(Cl)cc1CN1CCN(C(=O)COc2cccc(C(N)=O)c2)CC1. The number of primary amides is 1. The molecule has 1 fully saturated rings. The molecule has 2 N–H and O–H groups in total. The predicted octanol–water partition coefficient (Wildman–Crippen LogP) is 2.17. The van der Waals surface area contributed by atoms with Crippen molar-refractivity contribution in [3.63, 3.8) is 0 Å². The number of nitrogens with two attached hydrogens (primary N) is 1. The lowest BCUT2D eigenvalue weighted by Gasteiger charge is -2.34. The molecule has 2 aromatic carbocycles. The first kappa shape index (κ1) is 21.0. The second-order valence-electron chi connectivity index (χ2n) is 6.79. The fourth-order valence-corrected chi connectivity index (χ4v) is 3.44. The average Bonchev–Trinajstić information content (AvgIpc) is 2.73. The van der Waals surface area contributed by atoms with Crippen LogP contribution in [0.4, 0.5) is 0 Å². The average molecular weight is 418 g/mol. The molecule has 8 heteroatoms. The number of rotatable bonds is 7. The smallest absolute Gasteiger partial charge is 0.260 e. The molecular formula is C21H24ClN3O4. The Balaban J connectivity index is 1.49. The topological polar surface area (TPSA) is 85.1 Å². The van der Waals surface area contributed by atoms with Crippen molar-refractivity contribution in [3.8, 4) is 11.5 Å². The van der Waals surface area contributed by atoms with Crippen LogP contribution >= 0.6 is 11.6 Å². The molecule has 7 nitrogen and oxygen atoms in total. The molecule has 0 atom stereocenters. The van der Waals surface area contributed by atoms with E-state index in [1.54, 1.807) is 36.3 Å². The molecular weight excluding hydrogens is 394 g/mol. The molecule has 1 saturated heterocycles. The lowest BCUT2D eigenvalue weighted by molar-refractivity contribution is -0.135. The molecule has 0 aromatic heterocycles. The standard InChI is InChI=1S/C21H24ClN3O4/c1-28-19-6-5-17(22)11-16(19)13-24-7-9-25(10-8-24)20(26)14-29-18-4-2-3-15(12-18)21(23)27/h2-6,11-12H,7-10,13-14H2,1H3,(H2,23,27). The van der Waals surface area contributed by atoms with Gasteiger partial charge < -0.3 is 20.1 Å². The van der Waals surface area contributed by atoms with Gasteiger partial charge in [-0.25, -0.2) is 0 Å². The van der Waals surface area contributed by atoms with E-state index >= 15 is 0 Å². The summed E-state index contributed by atoms with van der Waals surface area (Å²) in [6, 6.07) is 12.1. The maximum Gasteiger partial charge on any atom is 0.260 e. The minimum atomic E-state index is -0.533. The second kappa shape index (κ2) is 9.62. The van der Waals surface area contributed by atoms with Crippen molar-refractivity contribution in [3.05, 3.63) is 58.6 Å². The van der Waals surface area contributed by atoms with Crippen LogP contribution in [0.15, 0.2) is 42.5 Å². The first-order valence-electron chi connectivity index (χ1n) is 9.31. The summed E-state index contributed by atoms with van der Waals surface area (Å²) in [6.45, 7) is 3.36. The summed E-state index contributed by atoms with van der Waals surface area (Å²) >= 11 is 6.10. The summed E-state index contributed by atoms with van der Waals surface area (Å²) in [5, 5.41) is 0.673. The molecule has 0 radical (unpaired) electrons. The van der Waals surface area contributed by atoms with Gasteiger partial charge in [0.25, 0.3) is 5.91 Å². The van der Waals surface area contributed by atoms with Crippen LogP contribution in [0.5, 0.6) is 11.5 Å². The van der Waals surface area contributed by atoms with Crippen LogP contribution < -0.4 is 15.2 Å². The zero-order valence-corrected chi connectivity index (χ0v) is 17.0. The van der Waals surface area contributed by atoms with E-state index in [-0.39, 0.29) is 12.5 Å². The number of amides is 2. The minimum absolute atomic E-state index is 0.0790. The van der Waals surface area contributed by atoms with Crippen molar-refractivity contribution in [1.29, 1.82) is 0 Å². The normalized spacial score (nSPS) is 14.5. The van der Waals surface area contributed by atoms with Crippen molar-refractivity contribution < 1.29 is 19.1 Å². The van der Waals surface area contributed by atoms with Gasteiger partial charge in [-0.3, -0.25) is 14.5 Å². The Morgan fingerprint density at radius 1 is 1.10 bits per heavy atom. The van der Waals surface area contributed by atoms with Crippen molar-refractivity contribution >= 4 is 23.4 Å². The number of nitrogens with zero attached hydrogens (tertiary/aromatic N) is 2. The Labute approximate surface area is 174 Å². The monoisotopic (exact) mass is 417 g/mol. The van der Waals surface area contributed by atoms with Crippen molar-refractivity contribution in [2.75, 3.05) is 39.9 Å². The van der Waals surface area contributed by atoms with Gasteiger partial charge in [-0.1, -0.05) is 17.7 Å². The molecule has 0 saturated carbocycles. The number of methoxy groups -OCH3 is 1. The number of hydrogen-bond acceptors (Lipinski definition) is 5. The zero-order valence-electron chi connectivity index (χ0n) is 16.3. The van der Waals surface area contributed by atoms with E-state index in [2.05, 4.69) is 4.90 Å². The van der Waals surface area contributed by atoms with E-state index in [0.29, 0.717) is 36.0 Å². The van der Waals surface area contributed by atoms with Gasteiger partial charge in [-0.05, 0) is 36.4 Å². The second-order valence-corrected chi connectivity index (χ2v) is 7.23. The van der Waals surface area contributed by atoms with Gasteiger partial charge in [0.05, 0.1) is 7.11 Å². The maximum absolute atomic E-state index is 12.5. The van der Waals surface area contributed by atoms with E-state index in [1.165, 1.54) is 6.07 Å². The summed E-state index contributed by atoms with van der Waals surface area (Å²) in [5.41, 5.74) is 6.63. The molecule has 0 unspecified atom stereocenters. The van der Waals surface area contributed by atoms with E-state index in [9.17, 15) is 9.59 Å². The first-order valence-corrected chi connectivity index (χ1v) is 9.69. The van der Waals surface area contributed by atoms with Crippen LogP contribution in [0.3, 0.4) is 0 Å². The van der Waals surface area contributed by atoms with Crippen molar-refractivity contribution in [1.82, 2.24) is 9.80 Å². The summed E-state index contributed by atoms with van der Waals surface area (Å²) < 4.78 is 10.9. The highest BCUT2D eigenvalue weighted by atomic mass is 35.5. The summed E-state index contributed by atoms with van der Waals surface area (Å²) in [6.07, 6.45) is 0. The maximum atomic E-state index is 12.5. The molecule has 1 heterocycles. The molecule has 2 amide bonds. The van der Waals surface area contributed by atoms with Crippen LogP contribution in [-0.2, 0) is 11.3 Å². The van der Waals surface area contributed by atoms with Crippen molar-refractivity contribution in [2.24, 2.45) is 5.73 Å². The van der Waals surface area contributed by atoms with Crippen LogP contribution in [0.1, 0.15) is 15.9 Å². The molecule has 1 aliphatic heterocycles. The van der Waals surface area contributed by atoms with Gasteiger partial charge in [0.2, 0.25) is 5.91 Å². The van der Waals surface area contributed by atoms with Crippen molar-refractivity contribution in [2.45, 2.75) is 6.54 Å². The summed E-state index contributed by atoms with van der Waals surface area (Å²) in [5.74, 6) is 0.629.